The smallest absolute Gasteiger partial charge is 0.00155 e. The molecule has 0 unspecified atom stereocenters. The van der Waals surface area contributed by atoms with Gasteiger partial charge in [0.15, 0.2) is 0 Å². The summed E-state index contributed by atoms with van der Waals surface area (Å²) in [5.41, 5.74) is 0. The standard InChI is InChI=1S/C18H35N3/c1-19(2)9-5-11-21(12-6-10-20(3)4)15-18-14-16-7-8-17(18)13-16/h7-8,16-18H,5-6,9-15H2,1-4H3/t16-,17+,18+/m1/s1. The van der Waals surface area contributed by atoms with E-state index in [4.69, 9.17) is 0 Å². The molecule has 0 aromatic rings. The molecule has 2 aliphatic rings. The van der Waals surface area contributed by atoms with E-state index in [9.17, 15) is 0 Å². The molecule has 0 heterocycles. The van der Waals surface area contributed by atoms with Gasteiger partial charge in [-0.1, -0.05) is 12.2 Å². The molecular weight excluding hydrogens is 258 g/mol. The molecule has 1 fully saturated rings. The predicted octanol–water partition coefficient (Wildman–Crippen LogP) is 2.40. The lowest BCUT2D eigenvalue weighted by molar-refractivity contribution is 0.196. The molecule has 0 saturated heterocycles. The molecule has 3 heteroatoms. The monoisotopic (exact) mass is 293 g/mol. The molecule has 0 N–H and O–H groups in total. The van der Waals surface area contributed by atoms with Gasteiger partial charge >= 0.3 is 0 Å². The van der Waals surface area contributed by atoms with Crippen LogP contribution in [0.3, 0.4) is 0 Å². The molecule has 2 aliphatic carbocycles. The maximum Gasteiger partial charge on any atom is 0.00155 e. The van der Waals surface area contributed by atoms with Gasteiger partial charge in [0.25, 0.3) is 0 Å². The number of allylic oxidation sites excluding steroid dienone is 2. The van der Waals surface area contributed by atoms with Gasteiger partial charge < -0.3 is 14.7 Å². The molecule has 0 spiro atoms. The van der Waals surface area contributed by atoms with E-state index in [1.54, 1.807) is 0 Å². The van der Waals surface area contributed by atoms with Crippen molar-refractivity contribution >= 4 is 0 Å². The minimum Gasteiger partial charge on any atom is -0.309 e. The molecule has 0 aliphatic heterocycles. The molecule has 2 rings (SSSR count). The van der Waals surface area contributed by atoms with Crippen LogP contribution in [0.2, 0.25) is 0 Å². The zero-order valence-corrected chi connectivity index (χ0v) is 14.6. The normalized spacial score (nSPS) is 27.7. The molecule has 0 aromatic heterocycles. The minimum absolute atomic E-state index is 0.889. The number of rotatable bonds is 10. The summed E-state index contributed by atoms with van der Waals surface area (Å²) < 4.78 is 0. The summed E-state index contributed by atoms with van der Waals surface area (Å²) in [5, 5.41) is 0. The lowest BCUT2D eigenvalue weighted by Gasteiger charge is -2.29. The van der Waals surface area contributed by atoms with Gasteiger partial charge in [-0.15, -0.1) is 0 Å². The summed E-state index contributed by atoms with van der Waals surface area (Å²) in [6, 6.07) is 0. The van der Waals surface area contributed by atoms with Crippen molar-refractivity contribution in [3.05, 3.63) is 12.2 Å². The maximum atomic E-state index is 2.74. The fourth-order valence-corrected chi connectivity index (χ4v) is 3.95. The zero-order chi connectivity index (χ0) is 15.2. The summed E-state index contributed by atoms with van der Waals surface area (Å²) in [6.07, 6.45) is 10.4. The van der Waals surface area contributed by atoms with Crippen LogP contribution in [0.25, 0.3) is 0 Å². The van der Waals surface area contributed by atoms with Crippen LogP contribution in [0, 0.1) is 17.8 Å². The summed E-state index contributed by atoms with van der Waals surface area (Å²) in [6.45, 7) is 6.28. The SMILES string of the molecule is CN(C)CCCN(CCCN(C)C)C[C@@H]1C[C@@H]2C=C[C@H]1C2. The molecule has 0 amide bonds. The first-order chi connectivity index (χ1) is 10.0. The minimum atomic E-state index is 0.889. The summed E-state index contributed by atoms with van der Waals surface area (Å²) in [4.78, 5) is 7.35. The van der Waals surface area contributed by atoms with Gasteiger partial charge in [0.2, 0.25) is 0 Å². The van der Waals surface area contributed by atoms with Gasteiger partial charge in [0.1, 0.15) is 0 Å². The fraction of sp³-hybridized carbons (Fsp3) is 0.889. The van der Waals surface area contributed by atoms with Crippen LogP contribution in [0.4, 0.5) is 0 Å². The van der Waals surface area contributed by atoms with Crippen molar-refractivity contribution in [1.29, 1.82) is 0 Å². The lowest BCUT2D eigenvalue weighted by atomic mass is 9.93. The highest BCUT2D eigenvalue weighted by molar-refractivity contribution is 5.10. The van der Waals surface area contributed by atoms with Crippen molar-refractivity contribution in [3.63, 3.8) is 0 Å². The van der Waals surface area contributed by atoms with E-state index in [2.05, 4.69) is 55.0 Å². The van der Waals surface area contributed by atoms with Crippen molar-refractivity contribution in [2.45, 2.75) is 25.7 Å². The second-order valence-corrected chi connectivity index (χ2v) is 7.65. The lowest BCUT2D eigenvalue weighted by Crippen LogP contribution is -2.35. The largest absolute Gasteiger partial charge is 0.309 e. The van der Waals surface area contributed by atoms with E-state index in [0.717, 1.165) is 17.8 Å². The average molecular weight is 293 g/mol. The molecule has 1 saturated carbocycles. The van der Waals surface area contributed by atoms with Gasteiger partial charge in [-0.3, -0.25) is 0 Å². The molecular formula is C18H35N3. The highest BCUT2D eigenvalue weighted by atomic mass is 15.1. The van der Waals surface area contributed by atoms with Gasteiger partial charge in [-0.05, 0) is 97.8 Å². The van der Waals surface area contributed by atoms with Crippen LogP contribution in [0.5, 0.6) is 0 Å². The van der Waals surface area contributed by atoms with E-state index in [1.165, 1.54) is 58.4 Å². The predicted molar refractivity (Wildman–Crippen MR) is 91.6 cm³/mol. The first-order valence-electron chi connectivity index (χ1n) is 8.74. The van der Waals surface area contributed by atoms with Gasteiger partial charge in [0, 0.05) is 6.54 Å². The van der Waals surface area contributed by atoms with E-state index in [0.29, 0.717) is 0 Å². The van der Waals surface area contributed by atoms with E-state index >= 15 is 0 Å². The van der Waals surface area contributed by atoms with Crippen LogP contribution < -0.4 is 0 Å². The van der Waals surface area contributed by atoms with Gasteiger partial charge in [0.05, 0.1) is 0 Å². The van der Waals surface area contributed by atoms with E-state index in [-0.39, 0.29) is 0 Å². The number of nitrogens with zero attached hydrogens (tertiary/aromatic N) is 3. The Bertz CT molecular complexity index is 310. The Hall–Kier alpha value is -0.380. The number of hydrogen-bond donors (Lipinski definition) is 0. The van der Waals surface area contributed by atoms with Gasteiger partial charge in [-0.2, -0.15) is 0 Å². The number of fused-ring (bicyclic) bond motifs is 2. The highest BCUT2D eigenvalue weighted by Gasteiger charge is 2.36. The van der Waals surface area contributed by atoms with Crippen molar-refractivity contribution in [2.75, 3.05) is 60.9 Å². The first kappa shape index (κ1) is 17.0. The molecule has 21 heavy (non-hydrogen) atoms. The first-order valence-corrected chi connectivity index (χ1v) is 8.74. The third-order valence-corrected chi connectivity index (χ3v) is 5.07. The Balaban J connectivity index is 1.75. The molecule has 3 atom stereocenters. The van der Waals surface area contributed by atoms with Crippen LogP contribution >= 0.6 is 0 Å². The third-order valence-electron chi connectivity index (χ3n) is 5.07. The molecule has 122 valence electrons. The van der Waals surface area contributed by atoms with Crippen molar-refractivity contribution in [1.82, 2.24) is 14.7 Å². The fourth-order valence-electron chi connectivity index (χ4n) is 3.95. The van der Waals surface area contributed by atoms with Crippen LogP contribution in [0.15, 0.2) is 12.2 Å². The van der Waals surface area contributed by atoms with E-state index in [1.807, 2.05) is 0 Å². The Kier molecular flexibility index (Phi) is 6.72. The molecule has 3 nitrogen and oxygen atoms in total. The summed E-state index contributed by atoms with van der Waals surface area (Å²) >= 11 is 0. The molecule has 0 radical (unpaired) electrons. The zero-order valence-electron chi connectivity index (χ0n) is 14.6. The third kappa shape index (κ3) is 5.72. The maximum absolute atomic E-state index is 2.74. The summed E-state index contributed by atoms with van der Waals surface area (Å²) in [7, 11) is 8.71. The van der Waals surface area contributed by atoms with Crippen molar-refractivity contribution in [2.24, 2.45) is 17.8 Å². The Morgan fingerprint density at radius 2 is 1.43 bits per heavy atom. The second-order valence-electron chi connectivity index (χ2n) is 7.65. The Morgan fingerprint density at radius 1 is 0.810 bits per heavy atom. The van der Waals surface area contributed by atoms with E-state index < -0.39 is 0 Å². The topological polar surface area (TPSA) is 9.72 Å². The Morgan fingerprint density at radius 3 is 1.86 bits per heavy atom. The molecule has 0 aromatic carbocycles. The quantitative estimate of drug-likeness (QED) is 0.573. The van der Waals surface area contributed by atoms with Crippen LogP contribution in [-0.4, -0.2) is 75.6 Å². The Labute approximate surface area is 132 Å². The van der Waals surface area contributed by atoms with Gasteiger partial charge in [-0.25, -0.2) is 0 Å². The highest BCUT2D eigenvalue weighted by Crippen LogP contribution is 2.43. The van der Waals surface area contributed by atoms with Crippen molar-refractivity contribution in [3.8, 4) is 0 Å². The molecule has 2 bridgehead atoms. The van der Waals surface area contributed by atoms with Crippen LogP contribution in [0.1, 0.15) is 25.7 Å². The van der Waals surface area contributed by atoms with Crippen molar-refractivity contribution < 1.29 is 0 Å². The summed E-state index contributed by atoms with van der Waals surface area (Å²) in [5.74, 6) is 2.73. The number of hydrogen-bond acceptors (Lipinski definition) is 3. The average Bonchev–Trinajstić information content (AvgIpc) is 2.99. The second kappa shape index (κ2) is 8.30. The van der Waals surface area contributed by atoms with Crippen LogP contribution in [-0.2, 0) is 0 Å².